The second-order valence-corrected chi connectivity index (χ2v) is 8.62. The Hall–Kier alpha value is -2.17. The summed E-state index contributed by atoms with van der Waals surface area (Å²) in [6, 6.07) is 0. The summed E-state index contributed by atoms with van der Waals surface area (Å²) in [6.45, 7) is 6.53. The molecule has 5 rings (SSSR count). The van der Waals surface area contributed by atoms with Gasteiger partial charge in [-0.15, -0.1) is 0 Å². The molecule has 5 nitrogen and oxygen atoms in total. The minimum Gasteiger partial charge on any atom is -0.507 e. The molecule has 2 N–H and O–H groups in total. The monoisotopic (exact) mass is 357 g/mol. The summed E-state index contributed by atoms with van der Waals surface area (Å²) in [5, 5.41) is 22.0. The van der Waals surface area contributed by atoms with Crippen LogP contribution < -0.4 is 0 Å². The van der Waals surface area contributed by atoms with Crippen molar-refractivity contribution >= 4 is 6.09 Å². The third-order valence-electron chi connectivity index (χ3n) is 5.76. The summed E-state index contributed by atoms with van der Waals surface area (Å²) < 4.78 is 5.49. The first kappa shape index (κ1) is 17.3. The molecule has 0 fully saturated rings. The maximum absolute atomic E-state index is 12.4. The molecule has 1 amide bonds. The first-order chi connectivity index (χ1) is 12.3. The maximum atomic E-state index is 12.4. The standard InChI is InChI=1S/C21H27NO4/c1-21(2,3)26-20(25)22-10-8-14-15(9-11-22)19(24)17-13-5-4-12(6-7-13)16(17)18(14)23/h4-5,12-13,23-24H,6-11H2,1-3H3. The zero-order valence-corrected chi connectivity index (χ0v) is 15.7. The van der Waals surface area contributed by atoms with E-state index < -0.39 is 5.60 Å². The Morgan fingerprint density at radius 1 is 1.00 bits per heavy atom. The molecule has 0 spiro atoms. The predicted octanol–water partition coefficient (Wildman–Crippen LogP) is 3.96. The smallest absolute Gasteiger partial charge is 0.410 e. The van der Waals surface area contributed by atoms with Crippen LogP contribution >= 0.6 is 0 Å². The Balaban J connectivity index is 1.67. The van der Waals surface area contributed by atoms with Crippen LogP contribution in [0.25, 0.3) is 0 Å². The third-order valence-corrected chi connectivity index (χ3v) is 5.76. The quantitative estimate of drug-likeness (QED) is 0.545. The molecule has 3 aliphatic carbocycles. The highest BCUT2D eigenvalue weighted by Gasteiger charge is 2.37. The summed E-state index contributed by atoms with van der Waals surface area (Å²) in [5.41, 5.74) is 2.88. The fourth-order valence-corrected chi connectivity index (χ4v) is 4.57. The van der Waals surface area contributed by atoms with Gasteiger partial charge in [0, 0.05) is 47.2 Å². The molecule has 0 radical (unpaired) electrons. The first-order valence-electron chi connectivity index (χ1n) is 9.52. The molecule has 26 heavy (non-hydrogen) atoms. The molecule has 140 valence electrons. The van der Waals surface area contributed by atoms with Gasteiger partial charge in [0.1, 0.15) is 17.1 Å². The minimum atomic E-state index is -0.537. The van der Waals surface area contributed by atoms with E-state index in [-0.39, 0.29) is 17.9 Å². The lowest BCUT2D eigenvalue weighted by Crippen LogP contribution is -2.38. The van der Waals surface area contributed by atoms with Crippen molar-refractivity contribution in [2.24, 2.45) is 0 Å². The second kappa shape index (κ2) is 5.93. The van der Waals surface area contributed by atoms with Crippen molar-refractivity contribution in [1.29, 1.82) is 0 Å². The molecular formula is C21H27NO4. The van der Waals surface area contributed by atoms with Gasteiger partial charge < -0.3 is 19.8 Å². The van der Waals surface area contributed by atoms with Crippen LogP contribution in [0.4, 0.5) is 4.79 Å². The van der Waals surface area contributed by atoms with Crippen molar-refractivity contribution < 1.29 is 19.7 Å². The number of nitrogens with zero attached hydrogens (tertiary/aromatic N) is 1. The number of hydrogen-bond donors (Lipinski definition) is 2. The number of carbonyl (C=O) groups is 1. The van der Waals surface area contributed by atoms with Crippen molar-refractivity contribution in [3.05, 3.63) is 34.4 Å². The van der Waals surface area contributed by atoms with Gasteiger partial charge in [-0.1, -0.05) is 12.2 Å². The van der Waals surface area contributed by atoms with Crippen molar-refractivity contribution in [3.8, 4) is 11.5 Å². The number of rotatable bonds is 0. The lowest BCUT2D eigenvalue weighted by atomic mass is 9.69. The summed E-state index contributed by atoms with van der Waals surface area (Å²) in [7, 11) is 0. The third kappa shape index (κ3) is 2.74. The van der Waals surface area contributed by atoms with E-state index in [4.69, 9.17) is 4.74 Å². The zero-order valence-electron chi connectivity index (χ0n) is 15.7. The van der Waals surface area contributed by atoms with E-state index in [9.17, 15) is 15.0 Å². The lowest BCUT2D eigenvalue weighted by Gasteiger charge is -2.36. The normalized spacial score (nSPS) is 24.0. The molecule has 1 aliphatic heterocycles. The number of amides is 1. The molecule has 2 bridgehead atoms. The van der Waals surface area contributed by atoms with E-state index in [1.165, 1.54) is 0 Å². The number of carbonyl (C=O) groups excluding carboxylic acids is 1. The van der Waals surface area contributed by atoms with Crippen LogP contribution in [-0.2, 0) is 17.6 Å². The van der Waals surface area contributed by atoms with E-state index in [0.717, 1.165) is 35.1 Å². The van der Waals surface area contributed by atoms with Gasteiger partial charge in [0.25, 0.3) is 0 Å². The van der Waals surface area contributed by atoms with E-state index >= 15 is 0 Å². The second-order valence-electron chi connectivity index (χ2n) is 8.62. The van der Waals surface area contributed by atoms with Crippen molar-refractivity contribution in [2.45, 2.75) is 63.9 Å². The van der Waals surface area contributed by atoms with Crippen LogP contribution in [0.3, 0.4) is 0 Å². The summed E-state index contributed by atoms with van der Waals surface area (Å²) >= 11 is 0. The van der Waals surface area contributed by atoms with E-state index in [1.807, 2.05) is 20.8 Å². The van der Waals surface area contributed by atoms with Gasteiger partial charge >= 0.3 is 6.09 Å². The summed E-state index contributed by atoms with van der Waals surface area (Å²) in [5.74, 6) is 1.05. The largest absolute Gasteiger partial charge is 0.507 e. The number of allylic oxidation sites excluding steroid dienone is 2. The Morgan fingerprint density at radius 3 is 1.85 bits per heavy atom. The Kier molecular flexibility index (Phi) is 3.94. The SMILES string of the molecule is CC(C)(C)OC(=O)N1CCc2c(O)c3c(c(O)c2CC1)C1C=CC3CC1. The molecule has 5 heteroatoms. The topological polar surface area (TPSA) is 70.0 Å². The van der Waals surface area contributed by atoms with Gasteiger partial charge in [0.05, 0.1) is 0 Å². The number of phenolic OH excluding ortho intramolecular Hbond substituents is 2. The highest BCUT2D eigenvalue weighted by molar-refractivity contribution is 5.69. The highest BCUT2D eigenvalue weighted by Crippen LogP contribution is 2.54. The Labute approximate surface area is 154 Å². The molecular weight excluding hydrogens is 330 g/mol. The van der Waals surface area contributed by atoms with E-state index in [0.29, 0.717) is 37.4 Å². The molecule has 2 atom stereocenters. The predicted molar refractivity (Wildman–Crippen MR) is 98.8 cm³/mol. The van der Waals surface area contributed by atoms with Crippen molar-refractivity contribution in [1.82, 2.24) is 4.90 Å². The number of fused-ring (bicyclic) bond motifs is 2. The van der Waals surface area contributed by atoms with Gasteiger partial charge in [-0.25, -0.2) is 4.79 Å². The average molecular weight is 357 g/mol. The van der Waals surface area contributed by atoms with Crippen molar-refractivity contribution in [3.63, 3.8) is 0 Å². The number of phenols is 2. The molecule has 1 aromatic rings. The molecule has 4 aliphatic rings. The molecule has 1 aromatic carbocycles. The van der Waals surface area contributed by atoms with Crippen LogP contribution in [0.15, 0.2) is 12.2 Å². The molecule has 0 saturated heterocycles. The molecule has 0 saturated carbocycles. The van der Waals surface area contributed by atoms with Crippen molar-refractivity contribution in [2.75, 3.05) is 13.1 Å². The van der Waals surface area contributed by atoms with Crippen LogP contribution in [-0.4, -0.2) is 39.9 Å². The Bertz CT molecular complexity index is 739. The van der Waals surface area contributed by atoms with Gasteiger partial charge in [0.2, 0.25) is 0 Å². The highest BCUT2D eigenvalue weighted by atomic mass is 16.6. The molecule has 2 unspecified atom stereocenters. The molecule has 1 heterocycles. The fraction of sp³-hybridized carbons (Fsp3) is 0.571. The average Bonchev–Trinajstić information content (AvgIpc) is 2.82. The maximum Gasteiger partial charge on any atom is 0.410 e. The summed E-state index contributed by atoms with van der Waals surface area (Å²) in [4.78, 5) is 14.1. The fourth-order valence-electron chi connectivity index (χ4n) is 4.57. The van der Waals surface area contributed by atoms with Gasteiger partial charge in [-0.05, 0) is 46.5 Å². The van der Waals surface area contributed by atoms with Crippen LogP contribution in [0.2, 0.25) is 0 Å². The van der Waals surface area contributed by atoms with Crippen LogP contribution in [0, 0.1) is 0 Å². The summed E-state index contributed by atoms with van der Waals surface area (Å²) in [6.07, 6.45) is 7.08. The Morgan fingerprint density at radius 2 is 1.46 bits per heavy atom. The number of aromatic hydroxyl groups is 2. The number of hydrogen-bond acceptors (Lipinski definition) is 4. The van der Waals surface area contributed by atoms with E-state index in [2.05, 4.69) is 12.2 Å². The number of benzene rings is 1. The van der Waals surface area contributed by atoms with Crippen LogP contribution in [0.5, 0.6) is 11.5 Å². The first-order valence-corrected chi connectivity index (χ1v) is 9.52. The van der Waals surface area contributed by atoms with Gasteiger partial charge in [-0.3, -0.25) is 0 Å². The number of ether oxygens (including phenoxy) is 1. The van der Waals surface area contributed by atoms with Gasteiger partial charge in [-0.2, -0.15) is 0 Å². The molecule has 0 aromatic heterocycles. The zero-order chi connectivity index (χ0) is 18.6. The minimum absolute atomic E-state index is 0.191. The van der Waals surface area contributed by atoms with Crippen LogP contribution in [0.1, 0.15) is 67.7 Å². The van der Waals surface area contributed by atoms with Gasteiger partial charge in [0.15, 0.2) is 0 Å². The van der Waals surface area contributed by atoms with E-state index in [1.54, 1.807) is 4.90 Å². The lowest BCUT2D eigenvalue weighted by molar-refractivity contribution is 0.0258.